The van der Waals surface area contributed by atoms with Crippen LogP contribution in [0.15, 0.2) is 46.1 Å². The topological polar surface area (TPSA) is 70.3 Å². The molecular weight excluding hydrogens is 308 g/mol. The summed E-state index contributed by atoms with van der Waals surface area (Å²) in [6.07, 6.45) is 1.32. The Morgan fingerprint density at radius 1 is 1.08 bits per heavy atom. The summed E-state index contributed by atoms with van der Waals surface area (Å²) < 4.78 is 7.50. The SMILES string of the molecule is Cc1ccc(Cn2c(=O)ccn(CC(=O)OC(C)(C)C)c2=O)cc1. The Kier molecular flexibility index (Phi) is 5.07. The van der Waals surface area contributed by atoms with Crippen molar-refractivity contribution in [1.29, 1.82) is 0 Å². The number of aryl methyl sites for hydroxylation is 1. The van der Waals surface area contributed by atoms with Crippen molar-refractivity contribution in [2.24, 2.45) is 0 Å². The summed E-state index contributed by atoms with van der Waals surface area (Å²) in [6, 6.07) is 8.85. The first-order chi connectivity index (χ1) is 11.2. The number of hydrogen-bond acceptors (Lipinski definition) is 4. The average Bonchev–Trinajstić information content (AvgIpc) is 2.46. The van der Waals surface area contributed by atoms with Crippen LogP contribution in [0.5, 0.6) is 0 Å². The summed E-state index contributed by atoms with van der Waals surface area (Å²) in [7, 11) is 0. The lowest BCUT2D eigenvalue weighted by molar-refractivity contribution is -0.155. The van der Waals surface area contributed by atoms with E-state index in [1.807, 2.05) is 31.2 Å². The molecule has 0 radical (unpaired) electrons. The number of carbonyl (C=O) groups is 1. The molecule has 2 rings (SSSR count). The maximum absolute atomic E-state index is 12.5. The molecule has 0 atom stereocenters. The molecule has 0 aliphatic rings. The minimum absolute atomic E-state index is 0.160. The molecule has 0 aliphatic carbocycles. The summed E-state index contributed by atoms with van der Waals surface area (Å²) >= 11 is 0. The van der Waals surface area contributed by atoms with Gasteiger partial charge in [-0.25, -0.2) is 4.79 Å². The Bertz CT molecular complexity index is 839. The van der Waals surface area contributed by atoms with Crippen LogP contribution in [-0.2, 0) is 22.6 Å². The molecule has 24 heavy (non-hydrogen) atoms. The number of carbonyl (C=O) groups excluding carboxylic acids is 1. The second kappa shape index (κ2) is 6.86. The number of rotatable bonds is 4. The first-order valence-corrected chi connectivity index (χ1v) is 7.73. The first kappa shape index (κ1) is 17.7. The lowest BCUT2D eigenvalue weighted by Crippen LogP contribution is -2.41. The third-order valence-corrected chi connectivity index (χ3v) is 3.32. The van der Waals surface area contributed by atoms with Gasteiger partial charge in [0.1, 0.15) is 12.1 Å². The Morgan fingerprint density at radius 3 is 2.29 bits per heavy atom. The molecule has 6 heteroatoms. The number of nitrogens with zero attached hydrogens (tertiary/aromatic N) is 2. The summed E-state index contributed by atoms with van der Waals surface area (Å²) in [6.45, 7) is 7.16. The normalized spacial score (nSPS) is 11.3. The van der Waals surface area contributed by atoms with Crippen molar-refractivity contribution in [3.63, 3.8) is 0 Å². The molecule has 0 saturated heterocycles. The van der Waals surface area contributed by atoms with Crippen molar-refractivity contribution in [1.82, 2.24) is 9.13 Å². The van der Waals surface area contributed by atoms with Gasteiger partial charge in [0.15, 0.2) is 0 Å². The second-order valence-electron chi connectivity index (χ2n) is 6.72. The van der Waals surface area contributed by atoms with Crippen LogP contribution < -0.4 is 11.2 Å². The zero-order valence-corrected chi connectivity index (χ0v) is 14.4. The van der Waals surface area contributed by atoms with Gasteiger partial charge in [-0.3, -0.25) is 18.7 Å². The van der Waals surface area contributed by atoms with E-state index in [-0.39, 0.29) is 13.1 Å². The minimum Gasteiger partial charge on any atom is -0.459 e. The standard InChI is InChI=1S/C18H22N2O4/c1-13-5-7-14(8-6-13)11-20-15(21)9-10-19(17(20)23)12-16(22)24-18(2,3)4/h5-10H,11-12H2,1-4H3. The number of aromatic nitrogens is 2. The summed E-state index contributed by atoms with van der Waals surface area (Å²) in [5.41, 5.74) is 0.378. The third kappa shape index (κ3) is 4.68. The van der Waals surface area contributed by atoms with E-state index in [0.29, 0.717) is 0 Å². The molecule has 1 heterocycles. The number of esters is 1. The Balaban J connectivity index is 2.27. The average molecular weight is 330 g/mol. The highest BCUT2D eigenvalue weighted by molar-refractivity contribution is 5.69. The molecule has 0 fully saturated rings. The van der Waals surface area contributed by atoms with Gasteiger partial charge in [0.2, 0.25) is 0 Å². The second-order valence-corrected chi connectivity index (χ2v) is 6.72. The molecule has 0 N–H and O–H groups in total. The summed E-state index contributed by atoms with van der Waals surface area (Å²) in [5.74, 6) is -0.523. The molecule has 1 aromatic carbocycles. The van der Waals surface area contributed by atoms with Gasteiger partial charge in [0, 0.05) is 12.3 Å². The van der Waals surface area contributed by atoms with Crippen LogP contribution in [0.4, 0.5) is 0 Å². The fraction of sp³-hybridized carbons (Fsp3) is 0.389. The monoisotopic (exact) mass is 330 g/mol. The van der Waals surface area contributed by atoms with Crippen LogP contribution in [0.25, 0.3) is 0 Å². The minimum atomic E-state index is -0.628. The fourth-order valence-electron chi connectivity index (χ4n) is 2.21. The van der Waals surface area contributed by atoms with Gasteiger partial charge in [-0.15, -0.1) is 0 Å². The van der Waals surface area contributed by atoms with Gasteiger partial charge < -0.3 is 4.74 Å². The third-order valence-electron chi connectivity index (χ3n) is 3.32. The smallest absolute Gasteiger partial charge is 0.331 e. The Morgan fingerprint density at radius 2 is 1.71 bits per heavy atom. The number of ether oxygens (including phenoxy) is 1. The molecule has 0 bridgehead atoms. The van der Waals surface area contributed by atoms with Gasteiger partial charge >= 0.3 is 11.7 Å². The molecular formula is C18H22N2O4. The predicted octanol–water partition coefficient (Wildman–Crippen LogP) is 1.71. The molecule has 0 aliphatic heterocycles. The van der Waals surface area contributed by atoms with E-state index in [1.165, 1.54) is 16.8 Å². The largest absolute Gasteiger partial charge is 0.459 e. The van der Waals surface area contributed by atoms with E-state index >= 15 is 0 Å². The lowest BCUT2D eigenvalue weighted by atomic mass is 10.1. The van der Waals surface area contributed by atoms with Crippen LogP contribution >= 0.6 is 0 Å². The maximum Gasteiger partial charge on any atom is 0.331 e. The van der Waals surface area contributed by atoms with E-state index in [9.17, 15) is 14.4 Å². The van der Waals surface area contributed by atoms with Crippen molar-refractivity contribution < 1.29 is 9.53 Å². The Labute approximate surface area is 140 Å². The van der Waals surface area contributed by atoms with Crippen LogP contribution in [0.3, 0.4) is 0 Å². The van der Waals surface area contributed by atoms with E-state index in [4.69, 9.17) is 4.74 Å². The van der Waals surface area contributed by atoms with Crippen molar-refractivity contribution in [3.05, 3.63) is 68.5 Å². The van der Waals surface area contributed by atoms with E-state index in [1.54, 1.807) is 20.8 Å². The Hall–Kier alpha value is -2.63. The van der Waals surface area contributed by atoms with E-state index in [2.05, 4.69) is 0 Å². The molecule has 2 aromatic rings. The zero-order chi connectivity index (χ0) is 17.9. The highest BCUT2D eigenvalue weighted by Gasteiger charge is 2.17. The van der Waals surface area contributed by atoms with Gasteiger partial charge in [0.25, 0.3) is 5.56 Å². The van der Waals surface area contributed by atoms with Gasteiger partial charge in [-0.1, -0.05) is 29.8 Å². The molecule has 128 valence electrons. The van der Waals surface area contributed by atoms with Gasteiger partial charge in [0.05, 0.1) is 6.54 Å². The summed E-state index contributed by atoms with van der Waals surface area (Å²) in [5, 5.41) is 0. The molecule has 0 unspecified atom stereocenters. The highest BCUT2D eigenvalue weighted by Crippen LogP contribution is 2.07. The zero-order valence-electron chi connectivity index (χ0n) is 14.4. The van der Waals surface area contributed by atoms with Gasteiger partial charge in [-0.05, 0) is 33.3 Å². The van der Waals surface area contributed by atoms with Crippen LogP contribution in [0.2, 0.25) is 0 Å². The molecule has 0 amide bonds. The van der Waals surface area contributed by atoms with Gasteiger partial charge in [-0.2, -0.15) is 0 Å². The van der Waals surface area contributed by atoms with Crippen molar-refractivity contribution in [2.75, 3.05) is 0 Å². The molecule has 6 nitrogen and oxygen atoms in total. The van der Waals surface area contributed by atoms with Crippen LogP contribution in [-0.4, -0.2) is 20.7 Å². The number of benzene rings is 1. The first-order valence-electron chi connectivity index (χ1n) is 7.73. The quantitative estimate of drug-likeness (QED) is 0.800. The van der Waals surface area contributed by atoms with Crippen molar-refractivity contribution in [3.8, 4) is 0 Å². The molecule has 1 aromatic heterocycles. The van der Waals surface area contributed by atoms with Crippen molar-refractivity contribution in [2.45, 2.75) is 46.4 Å². The van der Waals surface area contributed by atoms with E-state index in [0.717, 1.165) is 15.7 Å². The molecule has 0 saturated carbocycles. The lowest BCUT2D eigenvalue weighted by Gasteiger charge is -2.19. The highest BCUT2D eigenvalue weighted by atomic mass is 16.6. The van der Waals surface area contributed by atoms with Crippen molar-refractivity contribution >= 4 is 5.97 Å². The van der Waals surface area contributed by atoms with E-state index < -0.39 is 22.8 Å². The summed E-state index contributed by atoms with van der Waals surface area (Å²) in [4.78, 5) is 36.4. The fourth-order valence-corrected chi connectivity index (χ4v) is 2.21. The van der Waals surface area contributed by atoms with Crippen LogP contribution in [0.1, 0.15) is 31.9 Å². The molecule has 0 spiro atoms. The number of hydrogen-bond donors (Lipinski definition) is 0. The maximum atomic E-state index is 12.5. The van der Waals surface area contributed by atoms with Crippen LogP contribution in [0, 0.1) is 6.92 Å². The predicted molar refractivity (Wildman–Crippen MR) is 91.1 cm³/mol.